The molecule has 1 fully saturated rings. The molecule has 1 saturated heterocycles. The van der Waals surface area contributed by atoms with Gasteiger partial charge in [0.05, 0.1) is 45.8 Å². The summed E-state index contributed by atoms with van der Waals surface area (Å²) in [7, 11) is 4.26. The number of rotatable bonds is 7. The van der Waals surface area contributed by atoms with Crippen molar-refractivity contribution in [3.8, 4) is 17.2 Å². The molecule has 1 atom stereocenters. The molecule has 1 aliphatic rings. The largest absolute Gasteiger partial charge is 0.507 e. The van der Waals surface area contributed by atoms with Gasteiger partial charge in [0.1, 0.15) is 11.5 Å². The maximum absolute atomic E-state index is 14.3. The summed E-state index contributed by atoms with van der Waals surface area (Å²) in [5, 5.41) is 11.1. The quantitative estimate of drug-likeness (QED) is 0.318. The first-order chi connectivity index (χ1) is 16.4. The van der Waals surface area contributed by atoms with Gasteiger partial charge in [-0.3, -0.25) is 9.59 Å². The van der Waals surface area contributed by atoms with E-state index in [9.17, 15) is 19.1 Å². The number of methoxy groups -OCH3 is 3. The first kappa shape index (κ1) is 22.9. The first-order valence-electron chi connectivity index (χ1n) is 10.3. The van der Waals surface area contributed by atoms with Crippen LogP contribution in [0.4, 0.5) is 4.39 Å². The number of Topliss-reactive ketones (excluding diaryl/α,β-unsaturated/α-hetero) is 1. The van der Waals surface area contributed by atoms with E-state index in [-0.39, 0.29) is 23.4 Å². The molecule has 0 spiro atoms. The van der Waals surface area contributed by atoms with E-state index in [1.54, 1.807) is 30.3 Å². The Bertz CT molecular complexity index is 1270. The van der Waals surface area contributed by atoms with Crippen molar-refractivity contribution < 1.29 is 37.7 Å². The average Bonchev–Trinajstić information content (AvgIpc) is 3.45. The standard InChI is InChI=1S/C25H22FNO7/c1-31-18-8-7-15(11-17(18)26)23(28)21-22(14-6-9-19(32-2)20(12-14)33-3)27(25(30)24(21)29)13-16-5-4-10-34-16/h4-12,22,28H,13H2,1-3H3/t22-/m1/s1. The van der Waals surface area contributed by atoms with Gasteiger partial charge in [-0.15, -0.1) is 0 Å². The molecule has 1 amide bonds. The number of aliphatic hydroxyl groups excluding tert-OH is 1. The predicted molar refractivity (Wildman–Crippen MR) is 119 cm³/mol. The molecule has 4 rings (SSSR count). The number of carbonyl (C=O) groups is 2. The number of benzene rings is 2. The molecular weight excluding hydrogens is 445 g/mol. The first-order valence-corrected chi connectivity index (χ1v) is 10.3. The molecule has 3 aromatic rings. The molecule has 2 aromatic carbocycles. The third-order valence-corrected chi connectivity index (χ3v) is 5.59. The lowest BCUT2D eigenvalue weighted by atomic mass is 9.95. The maximum Gasteiger partial charge on any atom is 0.296 e. The highest BCUT2D eigenvalue weighted by atomic mass is 19.1. The molecule has 9 heteroatoms. The Morgan fingerprint density at radius 2 is 1.71 bits per heavy atom. The molecule has 1 aromatic heterocycles. The molecule has 1 N–H and O–H groups in total. The second-order valence-corrected chi connectivity index (χ2v) is 7.47. The zero-order chi connectivity index (χ0) is 24.4. The van der Waals surface area contributed by atoms with Crippen molar-refractivity contribution in [1.82, 2.24) is 4.90 Å². The summed E-state index contributed by atoms with van der Waals surface area (Å²) in [6, 6.07) is 11.0. The lowest BCUT2D eigenvalue weighted by Crippen LogP contribution is -2.29. The van der Waals surface area contributed by atoms with Crippen LogP contribution >= 0.6 is 0 Å². The van der Waals surface area contributed by atoms with Gasteiger partial charge in [-0.1, -0.05) is 6.07 Å². The smallest absolute Gasteiger partial charge is 0.296 e. The summed E-state index contributed by atoms with van der Waals surface area (Å²) >= 11 is 0. The minimum absolute atomic E-state index is 0.0220. The van der Waals surface area contributed by atoms with Crippen molar-refractivity contribution in [2.75, 3.05) is 21.3 Å². The third-order valence-electron chi connectivity index (χ3n) is 5.59. The van der Waals surface area contributed by atoms with E-state index < -0.39 is 29.3 Å². The Labute approximate surface area is 194 Å². The molecule has 8 nitrogen and oxygen atoms in total. The number of aliphatic hydroxyl groups is 1. The van der Waals surface area contributed by atoms with E-state index >= 15 is 0 Å². The van der Waals surface area contributed by atoms with Crippen LogP contribution in [0.3, 0.4) is 0 Å². The molecule has 0 aliphatic carbocycles. The number of ketones is 1. The fourth-order valence-corrected chi connectivity index (χ4v) is 3.95. The summed E-state index contributed by atoms with van der Waals surface area (Å²) < 4.78 is 35.3. The number of hydrogen-bond acceptors (Lipinski definition) is 7. The second kappa shape index (κ2) is 9.30. The fourth-order valence-electron chi connectivity index (χ4n) is 3.95. The van der Waals surface area contributed by atoms with Crippen molar-refractivity contribution in [2.24, 2.45) is 0 Å². The van der Waals surface area contributed by atoms with E-state index in [1.165, 1.54) is 44.6 Å². The highest BCUT2D eigenvalue weighted by molar-refractivity contribution is 6.46. The maximum atomic E-state index is 14.3. The minimum Gasteiger partial charge on any atom is -0.507 e. The Balaban J connectivity index is 1.89. The fraction of sp³-hybridized carbons (Fsp3) is 0.200. The van der Waals surface area contributed by atoms with Crippen LogP contribution in [-0.4, -0.2) is 43.0 Å². The van der Waals surface area contributed by atoms with Crippen LogP contribution in [0.2, 0.25) is 0 Å². The van der Waals surface area contributed by atoms with Gasteiger partial charge in [-0.05, 0) is 48.0 Å². The van der Waals surface area contributed by atoms with Crippen molar-refractivity contribution in [1.29, 1.82) is 0 Å². The number of carbonyl (C=O) groups excluding carboxylic acids is 2. The van der Waals surface area contributed by atoms with Crippen molar-refractivity contribution in [3.63, 3.8) is 0 Å². The summed E-state index contributed by atoms with van der Waals surface area (Å²) in [5.41, 5.74) is 0.326. The van der Waals surface area contributed by atoms with Crippen LogP contribution < -0.4 is 14.2 Å². The highest BCUT2D eigenvalue weighted by Crippen LogP contribution is 2.43. The third kappa shape index (κ3) is 3.96. The predicted octanol–water partition coefficient (Wildman–Crippen LogP) is 4.07. The van der Waals surface area contributed by atoms with Crippen molar-refractivity contribution >= 4 is 17.4 Å². The van der Waals surface area contributed by atoms with E-state index in [2.05, 4.69) is 0 Å². The minimum atomic E-state index is -0.991. The van der Waals surface area contributed by atoms with Crippen LogP contribution in [0, 0.1) is 5.82 Å². The average molecular weight is 467 g/mol. The molecule has 34 heavy (non-hydrogen) atoms. The molecule has 2 heterocycles. The van der Waals surface area contributed by atoms with Crippen LogP contribution in [0.1, 0.15) is 22.9 Å². The number of hydrogen-bond donors (Lipinski definition) is 1. The molecule has 0 unspecified atom stereocenters. The molecule has 0 radical (unpaired) electrons. The second-order valence-electron chi connectivity index (χ2n) is 7.47. The van der Waals surface area contributed by atoms with Crippen molar-refractivity contribution in [3.05, 3.63) is 83.1 Å². The summed E-state index contributed by atoms with van der Waals surface area (Å²) in [6.07, 6.45) is 1.46. The van der Waals surface area contributed by atoms with Crippen LogP contribution in [0.5, 0.6) is 17.2 Å². The monoisotopic (exact) mass is 467 g/mol. The Hall–Kier alpha value is -4.27. The topological polar surface area (TPSA) is 98.4 Å². The van der Waals surface area contributed by atoms with Gasteiger partial charge in [-0.2, -0.15) is 0 Å². The zero-order valence-electron chi connectivity index (χ0n) is 18.7. The zero-order valence-corrected chi connectivity index (χ0v) is 18.7. The number of likely N-dealkylation sites (tertiary alicyclic amines) is 1. The Kier molecular flexibility index (Phi) is 6.27. The molecule has 176 valence electrons. The van der Waals surface area contributed by atoms with Crippen LogP contribution in [0.25, 0.3) is 5.76 Å². The summed E-state index contributed by atoms with van der Waals surface area (Å²) in [6.45, 7) is -0.0235. The van der Waals surface area contributed by atoms with E-state index in [0.717, 1.165) is 6.07 Å². The summed E-state index contributed by atoms with van der Waals surface area (Å²) in [4.78, 5) is 27.4. The molecule has 1 aliphatic heterocycles. The molecule has 0 bridgehead atoms. The Morgan fingerprint density at radius 3 is 2.32 bits per heavy atom. The lowest BCUT2D eigenvalue weighted by Gasteiger charge is -2.25. The lowest BCUT2D eigenvalue weighted by molar-refractivity contribution is -0.140. The Morgan fingerprint density at radius 1 is 1.00 bits per heavy atom. The van der Waals surface area contributed by atoms with Gasteiger partial charge in [-0.25, -0.2) is 4.39 Å². The van der Waals surface area contributed by atoms with Gasteiger partial charge in [0.2, 0.25) is 0 Å². The van der Waals surface area contributed by atoms with Gasteiger partial charge in [0.25, 0.3) is 11.7 Å². The van der Waals surface area contributed by atoms with E-state index in [0.29, 0.717) is 22.8 Å². The van der Waals surface area contributed by atoms with Gasteiger partial charge >= 0.3 is 0 Å². The van der Waals surface area contributed by atoms with Crippen molar-refractivity contribution in [2.45, 2.75) is 12.6 Å². The highest BCUT2D eigenvalue weighted by Gasteiger charge is 2.46. The number of ether oxygens (including phenoxy) is 3. The van der Waals surface area contributed by atoms with Gasteiger partial charge in [0, 0.05) is 5.56 Å². The number of furan rings is 1. The van der Waals surface area contributed by atoms with Crippen LogP contribution in [-0.2, 0) is 16.1 Å². The number of halogens is 1. The van der Waals surface area contributed by atoms with Gasteiger partial charge in [0.15, 0.2) is 23.1 Å². The normalized spacial score (nSPS) is 17.2. The van der Waals surface area contributed by atoms with Crippen LogP contribution in [0.15, 0.2) is 64.8 Å². The number of nitrogens with zero attached hydrogens (tertiary/aromatic N) is 1. The van der Waals surface area contributed by atoms with E-state index in [1.807, 2.05) is 0 Å². The summed E-state index contributed by atoms with van der Waals surface area (Å²) in [5.74, 6) is -1.72. The number of amides is 1. The van der Waals surface area contributed by atoms with Gasteiger partial charge < -0.3 is 28.6 Å². The molecule has 0 saturated carbocycles. The van der Waals surface area contributed by atoms with E-state index in [4.69, 9.17) is 18.6 Å². The SMILES string of the molecule is COc1ccc(C(O)=C2C(=O)C(=O)N(Cc3ccco3)[C@@H]2c2ccc(OC)c(OC)c2)cc1F. The molecular formula is C25H22FNO7.